The number of thiazole rings is 1. The molecule has 6 nitrogen and oxygen atoms in total. The lowest BCUT2D eigenvalue weighted by Gasteiger charge is -2.22. The molecule has 0 radical (unpaired) electrons. The molecule has 0 saturated heterocycles. The standard InChI is InChI=1S/C22H21F3N2O4S/c1-3-30-14-7-5-6-13(10-14)27(18(28)8-9-19(29)31-4-2)12-17-26-21-20(25)15(23)11-16(24)22(21)32-17/h5-7,10-11H,3-4,8-9,12H2,1-2H3. The minimum absolute atomic E-state index is 0.122. The molecule has 3 rings (SSSR count). The van der Waals surface area contributed by atoms with Crippen molar-refractivity contribution in [2.24, 2.45) is 0 Å². The lowest BCUT2D eigenvalue weighted by Crippen LogP contribution is -2.30. The number of hydrogen-bond acceptors (Lipinski definition) is 6. The third kappa shape index (κ3) is 5.37. The number of amides is 1. The van der Waals surface area contributed by atoms with E-state index in [0.717, 1.165) is 11.3 Å². The molecule has 1 aromatic heterocycles. The van der Waals surface area contributed by atoms with Gasteiger partial charge >= 0.3 is 5.97 Å². The molecule has 3 aromatic rings. The number of ether oxygens (including phenoxy) is 2. The number of anilines is 1. The van der Waals surface area contributed by atoms with Gasteiger partial charge in [0.1, 0.15) is 22.1 Å². The highest BCUT2D eigenvalue weighted by atomic mass is 32.1. The van der Waals surface area contributed by atoms with Crippen LogP contribution in [0.15, 0.2) is 30.3 Å². The minimum atomic E-state index is -1.33. The van der Waals surface area contributed by atoms with Gasteiger partial charge in [-0.1, -0.05) is 6.07 Å². The van der Waals surface area contributed by atoms with Crippen LogP contribution >= 0.6 is 11.3 Å². The number of aromatic nitrogens is 1. The molecule has 0 aliphatic rings. The smallest absolute Gasteiger partial charge is 0.306 e. The van der Waals surface area contributed by atoms with Crippen molar-refractivity contribution in [1.82, 2.24) is 4.98 Å². The van der Waals surface area contributed by atoms with E-state index < -0.39 is 34.8 Å². The van der Waals surface area contributed by atoms with Crippen LogP contribution < -0.4 is 9.64 Å². The number of fused-ring (bicyclic) bond motifs is 1. The highest BCUT2D eigenvalue weighted by molar-refractivity contribution is 7.18. The number of rotatable bonds is 9. The molecular weight excluding hydrogens is 445 g/mol. The maximum Gasteiger partial charge on any atom is 0.306 e. The Labute approximate surface area is 186 Å². The van der Waals surface area contributed by atoms with E-state index in [-0.39, 0.29) is 35.7 Å². The normalized spacial score (nSPS) is 10.9. The zero-order valence-electron chi connectivity index (χ0n) is 17.5. The molecule has 0 aliphatic heterocycles. The molecule has 0 N–H and O–H groups in total. The Morgan fingerprint density at radius 3 is 2.56 bits per heavy atom. The quantitative estimate of drug-likeness (QED) is 0.328. The average molecular weight is 466 g/mol. The maximum atomic E-state index is 14.1. The highest BCUT2D eigenvalue weighted by Crippen LogP contribution is 2.31. The molecule has 0 saturated carbocycles. The maximum absolute atomic E-state index is 14.1. The van der Waals surface area contributed by atoms with Gasteiger partial charge in [-0.3, -0.25) is 9.59 Å². The summed E-state index contributed by atoms with van der Waals surface area (Å²) in [5.41, 5.74) is 0.0284. The van der Waals surface area contributed by atoms with Crippen LogP contribution in [-0.2, 0) is 20.9 Å². The van der Waals surface area contributed by atoms with Gasteiger partial charge in [0.05, 0.1) is 30.9 Å². The van der Waals surface area contributed by atoms with Crippen LogP contribution in [0.2, 0.25) is 0 Å². The molecule has 32 heavy (non-hydrogen) atoms. The largest absolute Gasteiger partial charge is 0.494 e. The fourth-order valence-electron chi connectivity index (χ4n) is 3.04. The second kappa shape index (κ2) is 10.4. The zero-order valence-corrected chi connectivity index (χ0v) is 18.3. The minimum Gasteiger partial charge on any atom is -0.494 e. The van der Waals surface area contributed by atoms with E-state index in [1.54, 1.807) is 31.2 Å². The van der Waals surface area contributed by atoms with Gasteiger partial charge in [-0.2, -0.15) is 0 Å². The van der Waals surface area contributed by atoms with Crippen LogP contribution in [0.25, 0.3) is 10.2 Å². The van der Waals surface area contributed by atoms with Gasteiger partial charge in [-0.25, -0.2) is 18.2 Å². The molecule has 1 amide bonds. The van der Waals surface area contributed by atoms with Crippen LogP contribution in [0.3, 0.4) is 0 Å². The molecule has 0 aliphatic carbocycles. The molecule has 0 atom stereocenters. The summed E-state index contributed by atoms with van der Waals surface area (Å²) in [6.07, 6.45) is -0.261. The Morgan fingerprint density at radius 2 is 1.84 bits per heavy atom. The fraction of sp³-hybridized carbons (Fsp3) is 0.318. The molecular formula is C22H21F3N2O4S. The van der Waals surface area contributed by atoms with Gasteiger partial charge in [-0.05, 0) is 26.0 Å². The number of nitrogens with zero attached hydrogens (tertiary/aromatic N) is 2. The van der Waals surface area contributed by atoms with Crippen molar-refractivity contribution in [2.75, 3.05) is 18.1 Å². The Bertz CT molecular complexity index is 1140. The van der Waals surface area contributed by atoms with E-state index in [2.05, 4.69) is 4.98 Å². The van der Waals surface area contributed by atoms with Crippen molar-refractivity contribution in [3.8, 4) is 5.75 Å². The third-order valence-corrected chi connectivity index (χ3v) is 5.49. The Kier molecular flexibility index (Phi) is 7.68. The van der Waals surface area contributed by atoms with E-state index in [9.17, 15) is 22.8 Å². The molecule has 1 heterocycles. The molecule has 170 valence electrons. The van der Waals surface area contributed by atoms with E-state index in [0.29, 0.717) is 24.1 Å². The molecule has 0 spiro atoms. The number of carbonyl (C=O) groups excluding carboxylic acids is 2. The predicted molar refractivity (Wildman–Crippen MR) is 114 cm³/mol. The first kappa shape index (κ1) is 23.5. The second-order valence-corrected chi connectivity index (χ2v) is 7.74. The molecule has 0 unspecified atom stereocenters. The Balaban J connectivity index is 1.93. The third-order valence-electron chi connectivity index (χ3n) is 4.44. The van der Waals surface area contributed by atoms with Crippen molar-refractivity contribution in [3.63, 3.8) is 0 Å². The SMILES string of the molecule is CCOC(=O)CCC(=O)N(Cc1nc2c(F)c(F)cc(F)c2s1)c1cccc(OCC)c1. The topological polar surface area (TPSA) is 68.7 Å². The van der Waals surface area contributed by atoms with Crippen molar-refractivity contribution >= 4 is 39.1 Å². The van der Waals surface area contributed by atoms with Crippen LogP contribution in [0, 0.1) is 17.5 Å². The van der Waals surface area contributed by atoms with Crippen molar-refractivity contribution in [3.05, 3.63) is 52.8 Å². The number of carbonyl (C=O) groups is 2. The first-order chi connectivity index (χ1) is 15.3. The summed E-state index contributed by atoms with van der Waals surface area (Å²) in [4.78, 5) is 30.0. The summed E-state index contributed by atoms with van der Waals surface area (Å²) in [6, 6.07) is 7.19. The monoisotopic (exact) mass is 466 g/mol. The molecule has 2 aromatic carbocycles. The fourth-order valence-corrected chi connectivity index (χ4v) is 3.99. The number of hydrogen-bond donors (Lipinski definition) is 0. The Hall–Kier alpha value is -3.14. The van der Waals surface area contributed by atoms with Crippen molar-refractivity contribution < 1.29 is 32.2 Å². The van der Waals surface area contributed by atoms with Gasteiger partial charge < -0.3 is 14.4 Å². The summed E-state index contributed by atoms with van der Waals surface area (Å²) in [5, 5.41) is 0.203. The number of benzene rings is 2. The van der Waals surface area contributed by atoms with Gasteiger partial charge in [0.25, 0.3) is 0 Å². The molecule has 10 heteroatoms. The summed E-state index contributed by atoms with van der Waals surface area (Å²) in [7, 11) is 0. The lowest BCUT2D eigenvalue weighted by molar-refractivity contribution is -0.144. The van der Waals surface area contributed by atoms with Gasteiger partial charge in [0.15, 0.2) is 11.6 Å². The van der Waals surface area contributed by atoms with Crippen LogP contribution in [-0.4, -0.2) is 30.1 Å². The van der Waals surface area contributed by atoms with Gasteiger partial charge in [-0.15, -0.1) is 11.3 Å². The van der Waals surface area contributed by atoms with Crippen LogP contribution in [0.1, 0.15) is 31.7 Å². The number of esters is 1. The van der Waals surface area contributed by atoms with Crippen molar-refractivity contribution in [2.45, 2.75) is 33.2 Å². The second-order valence-electron chi connectivity index (χ2n) is 6.65. The summed E-state index contributed by atoms with van der Waals surface area (Å²) in [5.74, 6) is -3.92. The Morgan fingerprint density at radius 1 is 1.06 bits per heavy atom. The van der Waals surface area contributed by atoms with Crippen molar-refractivity contribution in [1.29, 1.82) is 0 Å². The van der Waals surface area contributed by atoms with E-state index in [1.807, 2.05) is 6.92 Å². The average Bonchev–Trinajstić information content (AvgIpc) is 3.20. The zero-order chi connectivity index (χ0) is 23.3. The summed E-state index contributed by atoms with van der Waals surface area (Å²) < 4.78 is 51.9. The van der Waals surface area contributed by atoms with Gasteiger partial charge in [0, 0.05) is 24.2 Å². The number of halogens is 3. The lowest BCUT2D eigenvalue weighted by atomic mass is 10.2. The summed E-state index contributed by atoms with van der Waals surface area (Å²) in [6.45, 7) is 3.98. The highest BCUT2D eigenvalue weighted by Gasteiger charge is 2.23. The first-order valence-electron chi connectivity index (χ1n) is 9.95. The summed E-state index contributed by atoms with van der Waals surface area (Å²) >= 11 is 0.825. The molecule has 0 bridgehead atoms. The van der Waals surface area contributed by atoms with Gasteiger partial charge in [0.2, 0.25) is 5.91 Å². The van der Waals surface area contributed by atoms with E-state index >= 15 is 0 Å². The molecule has 0 fully saturated rings. The van der Waals surface area contributed by atoms with Crippen LogP contribution in [0.4, 0.5) is 18.9 Å². The van der Waals surface area contributed by atoms with E-state index in [4.69, 9.17) is 9.47 Å². The van der Waals surface area contributed by atoms with E-state index in [1.165, 1.54) is 4.90 Å². The predicted octanol–water partition coefficient (Wildman–Crippen LogP) is 4.99. The van der Waals surface area contributed by atoms with Crippen LogP contribution in [0.5, 0.6) is 5.75 Å². The first-order valence-corrected chi connectivity index (χ1v) is 10.8.